The molecule has 9 heterocycles. The predicted molar refractivity (Wildman–Crippen MR) is 300 cm³/mol. The Labute approximate surface area is 464 Å². The number of terminal acetylenes is 1. The normalized spacial score (nSPS) is 19.6. The number of likely N-dealkylation sites (N-methyl/N-ethyl adjacent to an activating group) is 1. The van der Waals surface area contributed by atoms with Gasteiger partial charge in [0.2, 0.25) is 5.91 Å². The summed E-state index contributed by atoms with van der Waals surface area (Å²) in [7, 11) is 4.81. The molecule has 420 valence electrons. The van der Waals surface area contributed by atoms with E-state index in [-0.39, 0.29) is 58.1 Å². The smallest absolute Gasteiger partial charge is 0.409 e. The van der Waals surface area contributed by atoms with E-state index in [4.69, 9.17) is 35.6 Å². The van der Waals surface area contributed by atoms with E-state index in [1.54, 1.807) is 28.8 Å². The zero-order valence-corrected chi connectivity index (χ0v) is 45.9. The lowest BCUT2D eigenvalue weighted by Crippen LogP contribution is -2.43. The number of aryl methyl sites for hydroxylation is 2. The Balaban J connectivity index is 0.000000171. The lowest BCUT2D eigenvalue weighted by atomic mass is 9.90. The third-order valence-electron chi connectivity index (χ3n) is 17.6. The maximum Gasteiger partial charge on any atom is 0.409 e. The first-order valence-electron chi connectivity index (χ1n) is 28.3. The first-order valence-corrected chi connectivity index (χ1v) is 28.3. The van der Waals surface area contributed by atoms with E-state index in [0.717, 1.165) is 113 Å². The number of amides is 2. The molecule has 80 heavy (non-hydrogen) atoms. The van der Waals surface area contributed by atoms with Crippen LogP contribution in [0.15, 0.2) is 59.9 Å². The predicted octanol–water partition coefficient (Wildman–Crippen LogP) is 9.34. The van der Waals surface area contributed by atoms with E-state index in [2.05, 4.69) is 37.1 Å². The van der Waals surface area contributed by atoms with Gasteiger partial charge in [-0.05, 0) is 125 Å². The molecule has 2 atom stereocenters. The van der Waals surface area contributed by atoms with Crippen LogP contribution in [0, 0.1) is 29.9 Å². The Morgan fingerprint density at radius 2 is 1.74 bits per heavy atom. The first kappa shape index (κ1) is 54.6. The van der Waals surface area contributed by atoms with Crippen LogP contribution in [0.4, 0.5) is 29.5 Å². The van der Waals surface area contributed by atoms with Crippen molar-refractivity contribution in [3.8, 4) is 29.6 Å². The fourth-order valence-electron chi connectivity index (χ4n) is 13.4. The summed E-state index contributed by atoms with van der Waals surface area (Å²) in [6.45, 7) is 7.12. The second-order valence-corrected chi connectivity index (χ2v) is 22.1. The number of pyridine rings is 1. The van der Waals surface area contributed by atoms with Crippen molar-refractivity contribution in [2.24, 2.45) is 13.0 Å². The van der Waals surface area contributed by atoms with Crippen molar-refractivity contribution >= 4 is 62.4 Å². The molecular weight excluding hydrogens is 1030 g/mol. The topological polar surface area (TPSA) is 160 Å². The fraction of sp³-hybridized carbons (Fsp3) is 0.492. The average Bonchev–Trinajstić information content (AvgIpc) is 4.11. The number of fused-ring (bicyclic) bond motifs is 5. The van der Waals surface area contributed by atoms with Gasteiger partial charge in [0.05, 0.1) is 59.1 Å². The van der Waals surface area contributed by atoms with Gasteiger partial charge in [-0.15, -0.1) is 6.42 Å². The number of allylic oxidation sites excluding steroid dienone is 1. The molecule has 3 aromatic carbocycles. The molecule has 2 unspecified atom stereocenters. The molecule has 6 aliphatic rings. The number of rotatable bonds is 11. The second-order valence-electron chi connectivity index (χ2n) is 22.1. The van der Waals surface area contributed by atoms with Crippen molar-refractivity contribution in [1.82, 2.24) is 39.8 Å². The van der Waals surface area contributed by atoms with Gasteiger partial charge >= 0.3 is 12.1 Å². The molecule has 19 heteroatoms. The molecule has 1 N–H and O–H groups in total. The lowest BCUT2D eigenvalue weighted by molar-refractivity contribution is -0.122. The van der Waals surface area contributed by atoms with Crippen LogP contribution < -0.4 is 19.9 Å². The summed E-state index contributed by atoms with van der Waals surface area (Å²) < 4.78 is 66.0. The summed E-state index contributed by atoms with van der Waals surface area (Å²) in [5.41, 5.74) is 5.00. The number of piperidine rings is 2. The maximum absolute atomic E-state index is 16.9. The summed E-state index contributed by atoms with van der Waals surface area (Å²) in [6.07, 6.45) is 16.2. The number of anilines is 2. The van der Waals surface area contributed by atoms with Crippen molar-refractivity contribution in [1.29, 1.82) is 0 Å². The van der Waals surface area contributed by atoms with E-state index in [0.29, 0.717) is 104 Å². The van der Waals surface area contributed by atoms with E-state index < -0.39 is 17.6 Å². The molecule has 16 nitrogen and oxygen atoms in total. The quantitative estimate of drug-likeness (QED) is 0.0967. The molecule has 0 saturated carbocycles. The van der Waals surface area contributed by atoms with E-state index in [1.165, 1.54) is 13.2 Å². The number of nitrogens with one attached hydrogen (secondary N) is 1. The third kappa shape index (κ3) is 10.4. The van der Waals surface area contributed by atoms with Gasteiger partial charge in [-0.3, -0.25) is 14.4 Å². The number of ether oxygens (including phenoxy) is 3. The van der Waals surface area contributed by atoms with Gasteiger partial charge in [-0.25, -0.2) is 22.9 Å². The standard InChI is InChI=1S/C34H33F2N5O2.C27H36FN5O4/c1-2-23-25(35)11-9-21-7-3-8-24(27(21)23)30-29(36)31-28-26(37-30)12-10-22-19-42-18-6-17-41(22)32(28)39-33(38-31)43-20-34-13-4-15-40(34)16-5-14-34;1-29-26(35)22(5-4-16-34)25-21-7-6-20(17-23(21)31(2)30-25)32-12-8-18(9-13-32)24(28)19-10-14-33(15-11-19)27(36)37-3/h1,3,7-9,11,22H,4-6,10,12-20H2;6-7,16-18,22H,4-5,8-15H2,1-3H3,(H,29,35). The Morgan fingerprint density at radius 1 is 0.950 bits per heavy atom. The average molecular weight is 1100 g/mol. The summed E-state index contributed by atoms with van der Waals surface area (Å²) in [5.74, 6) is 1.30. The van der Waals surface area contributed by atoms with Crippen LogP contribution in [0.5, 0.6) is 6.01 Å². The van der Waals surface area contributed by atoms with Crippen molar-refractivity contribution < 1.29 is 41.8 Å². The molecule has 6 aliphatic heterocycles. The largest absolute Gasteiger partial charge is 0.461 e. The number of carbonyl (C=O) groups is 3. The maximum atomic E-state index is 16.9. The summed E-state index contributed by atoms with van der Waals surface area (Å²) in [5, 5.41) is 10.0. The van der Waals surface area contributed by atoms with Crippen LogP contribution in [0.1, 0.15) is 99.9 Å². The number of aromatic nitrogens is 5. The van der Waals surface area contributed by atoms with E-state index in [9.17, 15) is 18.8 Å². The minimum absolute atomic E-state index is 0.00280. The number of likely N-dealkylation sites (tertiary alicyclic amines) is 1. The number of carbonyl (C=O) groups excluding carboxylic acids is 3. The number of hydrogen-bond donors (Lipinski definition) is 1. The van der Waals surface area contributed by atoms with Gasteiger partial charge in [-0.1, -0.05) is 30.2 Å². The number of hydrogen-bond acceptors (Lipinski definition) is 13. The molecule has 2 amide bonds. The molecule has 0 aliphatic carbocycles. The summed E-state index contributed by atoms with van der Waals surface area (Å²) in [6, 6.07) is 14.8. The zero-order valence-electron chi connectivity index (χ0n) is 45.9. The minimum atomic E-state index is -0.585. The van der Waals surface area contributed by atoms with E-state index >= 15 is 8.78 Å². The second kappa shape index (κ2) is 23.4. The van der Waals surface area contributed by atoms with E-state index in [1.807, 2.05) is 31.3 Å². The monoisotopic (exact) mass is 1090 g/mol. The SMILES string of the molecule is C#Cc1c(F)ccc2cccc(-c3nc4c5c(nc(OCC67CCCN6CCC7)nc5c3F)N3CCCOCC3CC4)c12.CNC(=O)C(CCC=O)c1nn(C)c2cc(N3CCC(C(F)=C4CCN(C(=O)OC)CC4)CC3)ccc12. The Hall–Kier alpha value is -7.30. The lowest BCUT2D eigenvalue weighted by Gasteiger charge is -2.34. The van der Waals surface area contributed by atoms with Gasteiger partial charge < -0.3 is 39.0 Å². The highest BCUT2D eigenvalue weighted by atomic mass is 19.1. The number of methoxy groups -OCH3 is 1. The van der Waals surface area contributed by atoms with Crippen LogP contribution in [-0.4, -0.2) is 144 Å². The molecule has 3 aromatic heterocycles. The molecule has 0 spiro atoms. The Bertz CT molecular complexity index is 3410. The summed E-state index contributed by atoms with van der Waals surface area (Å²) >= 11 is 0. The highest BCUT2D eigenvalue weighted by molar-refractivity contribution is 6.03. The van der Waals surface area contributed by atoms with Crippen molar-refractivity contribution in [3.63, 3.8) is 0 Å². The number of nitrogens with zero attached hydrogens (tertiary/aromatic N) is 9. The van der Waals surface area contributed by atoms with Gasteiger partial charge in [0, 0.05) is 87.8 Å². The Morgan fingerprint density at radius 3 is 2.48 bits per heavy atom. The van der Waals surface area contributed by atoms with Crippen molar-refractivity contribution in [2.75, 3.05) is 89.6 Å². The molecule has 0 bridgehead atoms. The summed E-state index contributed by atoms with van der Waals surface area (Å²) in [4.78, 5) is 58.4. The molecule has 12 rings (SSSR count). The fourth-order valence-corrected chi connectivity index (χ4v) is 13.4. The van der Waals surface area contributed by atoms with Crippen LogP contribution in [0.2, 0.25) is 0 Å². The highest BCUT2D eigenvalue weighted by Crippen LogP contribution is 2.43. The first-order chi connectivity index (χ1) is 38.9. The van der Waals surface area contributed by atoms with Gasteiger partial charge in [-0.2, -0.15) is 15.1 Å². The van der Waals surface area contributed by atoms with Gasteiger partial charge in [0.25, 0.3) is 0 Å². The minimum Gasteiger partial charge on any atom is -0.461 e. The van der Waals surface area contributed by atoms with Crippen molar-refractivity contribution in [2.45, 2.75) is 101 Å². The van der Waals surface area contributed by atoms with Crippen LogP contribution >= 0.6 is 0 Å². The number of benzene rings is 3. The van der Waals surface area contributed by atoms with Gasteiger partial charge in [0.15, 0.2) is 5.82 Å². The number of aldehydes is 1. The van der Waals surface area contributed by atoms with Crippen LogP contribution in [0.25, 0.3) is 43.8 Å². The molecule has 5 fully saturated rings. The molecular formula is C61H69F3N10O6. The third-order valence-corrected chi connectivity index (χ3v) is 17.6. The van der Waals surface area contributed by atoms with Crippen LogP contribution in [0.3, 0.4) is 0 Å². The highest BCUT2D eigenvalue weighted by Gasteiger charge is 2.45. The molecule has 6 aromatic rings. The van der Waals surface area contributed by atoms with Crippen LogP contribution in [-0.2, 0) is 32.5 Å². The Kier molecular flexibility index (Phi) is 16.0. The zero-order chi connectivity index (χ0) is 55.7. The van der Waals surface area contributed by atoms with Gasteiger partial charge in [0.1, 0.15) is 41.6 Å². The van der Waals surface area contributed by atoms with Crippen molar-refractivity contribution in [3.05, 3.63) is 88.5 Å². The molecule has 0 radical (unpaired) electrons. The molecule has 5 saturated heterocycles. The number of halogens is 3.